The highest BCUT2D eigenvalue weighted by molar-refractivity contribution is 7.90. The van der Waals surface area contributed by atoms with E-state index in [0.29, 0.717) is 34.1 Å². The lowest BCUT2D eigenvalue weighted by atomic mass is 10.0. The van der Waals surface area contributed by atoms with Gasteiger partial charge in [-0.15, -0.1) is 0 Å². The van der Waals surface area contributed by atoms with E-state index in [4.69, 9.17) is 11.6 Å². The Morgan fingerprint density at radius 2 is 1.62 bits per heavy atom. The summed E-state index contributed by atoms with van der Waals surface area (Å²) in [5.74, 6) is -8.18. The molecule has 4 aromatic rings. The maximum absolute atomic E-state index is 14.4. The predicted octanol–water partition coefficient (Wildman–Crippen LogP) is 5.35. The fourth-order valence-electron chi connectivity index (χ4n) is 4.24. The second-order valence-corrected chi connectivity index (χ2v) is 10.9. The number of anilines is 2. The van der Waals surface area contributed by atoms with Gasteiger partial charge in [-0.3, -0.25) is 0 Å². The highest BCUT2D eigenvalue weighted by Gasteiger charge is 2.35. The molecule has 1 saturated heterocycles. The largest absolute Gasteiger partial charge is 0.375 e. The average molecular weight is 555 g/mol. The monoisotopic (exact) mass is 554 g/mol. The van der Waals surface area contributed by atoms with Gasteiger partial charge in [0.05, 0.1) is 17.2 Å². The van der Waals surface area contributed by atoms with Crippen LogP contribution in [0.15, 0.2) is 47.6 Å². The van der Waals surface area contributed by atoms with E-state index in [1.54, 1.807) is 35.2 Å². The number of rotatable bonds is 5. The molecule has 192 valence electrons. The standard InChI is InChI=1S/C24H16ClF5N4O2S/c1-37(35,36)23-21(30)19(28)18(27)20(29)22(23)33-11-8-34(9-11)24-14-6-15(25)13(7-17(14)31-10-32-24)12-4-2-3-5-16(12)26/h2-7,10-11,33H,8-9H2,1H3. The van der Waals surface area contributed by atoms with Crippen molar-refractivity contribution >= 4 is 43.8 Å². The zero-order valence-electron chi connectivity index (χ0n) is 18.9. The summed E-state index contributed by atoms with van der Waals surface area (Å²) in [6.45, 7) is 0.254. The zero-order chi connectivity index (χ0) is 26.6. The van der Waals surface area contributed by atoms with Crippen LogP contribution < -0.4 is 10.2 Å². The summed E-state index contributed by atoms with van der Waals surface area (Å²) >= 11 is 6.45. The van der Waals surface area contributed by atoms with Crippen molar-refractivity contribution in [2.45, 2.75) is 10.9 Å². The number of aromatic nitrogens is 2. The first-order valence-electron chi connectivity index (χ1n) is 10.7. The van der Waals surface area contributed by atoms with Gasteiger partial charge in [-0.05, 0) is 18.2 Å². The van der Waals surface area contributed by atoms with Crippen molar-refractivity contribution in [3.05, 3.63) is 76.8 Å². The molecule has 0 unspecified atom stereocenters. The minimum absolute atomic E-state index is 0.127. The van der Waals surface area contributed by atoms with E-state index in [9.17, 15) is 30.4 Å². The van der Waals surface area contributed by atoms with E-state index in [2.05, 4.69) is 15.3 Å². The van der Waals surface area contributed by atoms with E-state index < -0.39 is 55.5 Å². The smallest absolute Gasteiger partial charge is 0.199 e. The highest BCUT2D eigenvalue weighted by atomic mass is 35.5. The van der Waals surface area contributed by atoms with Crippen LogP contribution >= 0.6 is 11.6 Å². The molecule has 0 amide bonds. The molecule has 1 aromatic heterocycles. The Morgan fingerprint density at radius 1 is 0.946 bits per heavy atom. The molecule has 0 atom stereocenters. The van der Waals surface area contributed by atoms with Gasteiger partial charge < -0.3 is 10.2 Å². The average Bonchev–Trinajstić information content (AvgIpc) is 2.82. The van der Waals surface area contributed by atoms with E-state index in [0.717, 1.165) is 0 Å². The van der Waals surface area contributed by atoms with Gasteiger partial charge >= 0.3 is 0 Å². The Kier molecular flexibility index (Phi) is 6.19. The third kappa shape index (κ3) is 4.33. The van der Waals surface area contributed by atoms with Gasteiger partial charge in [0.2, 0.25) is 0 Å². The van der Waals surface area contributed by atoms with Crippen molar-refractivity contribution in [3.63, 3.8) is 0 Å². The first-order valence-corrected chi connectivity index (χ1v) is 13.0. The molecule has 5 rings (SSSR count). The van der Waals surface area contributed by atoms with Crippen LogP contribution in [0.5, 0.6) is 0 Å². The minimum Gasteiger partial charge on any atom is -0.375 e. The fourth-order valence-corrected chi connectivity index (χ4v) is 5.44. The molecular formula is C24H16ClF5N4O2S. The molecule has 6 nitrogen and oxygen atoms in total. The van der Waals surface area contributed by atoms with Gasteiger partial charge in [-0.2, -0.15) is 0 Å². The number of sulfone groups is 1. The molecule has 0 saturated carbocycles. The van der Waals surface area contributed by atoms with Crippen LogP contribution in [0.2, 0.25) is 5.02 Å². The third-order valence-electron chi connectivity index (χ3n) is 5.99. The maximum atomic E-state index is 14.4. The summed E-state index contributed by atoms with van der Waals surface area (Å²) in [5.41, 5.74) is 0.222. The maximum Gasteiger partial charge on any atom is 0.199 e. The molecule has 0 aliphatic carbocycles. The van der Waals surface area contributed by atoms with Gasteiger partial charge in [-0.25, -0.2) is 40.3 Å². The number of hydrogen-bond donors (Lipinski definition) is 1. The lowest BCUT2D eigenvalue weighted by molar-refractivity contribution is 0.397. The van der Waals surface area contributed by atoms with E-state index in [-0.39, 0.29) is 18.1 Å². The number of halogens is 6. The summed E-state index contributed by atoms with van der Waals surface area (Å²) in [5, 5.41) is 3.26. The number of benzene rings is 3. The van der Waals surface area contributed by atoms with Crippen LogP contribution in [0.3, 0.4) is 0 Å². The van der Waals surface area contributed by atoms with E-state index in [1.165, 1.54) is 12.4 Å². The second-order valence-electron chi connectivity index (χ2n) is 8.50. The summed E-state index contributed by atoms with van der Waals surface area (Å²) < 4.78 is 94.5. The Morgan fingerprint density at radius 3 is 2.30 bits per heavy atom. The van der Waals surface area contributed by atoms with Gasteiger partial charge in [0.25, 0.3) is 0 Å². The molecule has 13 heteroatoms. The van der Waals surface area contributed by atoms with Crippen LogP contribution in [0.25, 0.3) is 22.0 Å². The number of nitrogens with one attached hydrogen (secondary N) is 1. The molecule has 3 aromatic carbocycles. The van der Waals surface area contributed by atoms with Crippen molar-refractivity contribution in [2.75, 3.05) is 29.6 Å². The van der Waals surface area contributed by atoms with Crippen LogP contribution in [-0.2, 0) is 9.84 Å². The third-order valence-corrected chi connectivity index (χ3v) is 7.43. The Balaban J connectivity index is 1.44. The molecule has 1 fully saturated rings. The topological polar surface area (TPSA) is 75.2 Å². The molecule has 1 aliphatic heterocycles. The van der Waals surface area contributed by atoms with Crippen LogP contribution in [0, 0.1) is 29.1 Å². The van der Waals surface area contributed by atoms with Crippen molar-refractivity contribution in [1.82, 2.24) is 9.97 Å². The van der Waals surface area contributed by atoms with E-state index >= 15 is 0 Å². The van der Waals surface area contributed by atoms with Gasteiger partial charge in [0, 0.05) is 40.9 Å². The van der Waals surface area contributed by atoms with Crippen LogP contribution in [-0.4, -0.2) is 43.8 Å². The lowest BCUT2D eigenvalue weighted by Gasteiger charge is -2.41. The van der Waals surface area contributed by atoms with Crippen LogP contribution in [0.4, 0.5) is 33.5 Å². The van der Waals surface area contributed by atoms with Crippen molar-refractivity contribution < 1.29 is 30.4 Å². The zero-order valence-corrected chi connectivity index (χ0v) is 20.4. The first-order chi connectivity index (χ1) is 17.5. The number of fused-ring (bicyclic) bond motifs is 1. The van der Waals surface area contributed by atoms with E-state index in [1.807, 2.05) is 0 Å². The van der Waals surface area contributed by atoms with Gasteiger partial charge in [-0.1, -0.05) is 29.8 Å². The van der Waals surface area contributed by atoms with Crippen molar-refractivity contribution in [2.24, 2.45) is 0 Å². The SMILES string of the molecule is CS(=O)(=O)c1c(F)c(F)c(F)c(F)c1NC1CN(c2ncnc3cc(-c4ccccc4F)c(Cl)cc23)C1. The fraction of sp³-hybridized carbons (Fsp3) is 0.167. The normalized spacial score (nSPS) is 14.2. The second kappa shape index (κ2) is 9.10. The van der Waals surface area contributed by atoms with Gasteiger partial charge in [0.1, 0.15) is 22.9 Å². The molecule has 37 heavy (non-hydrogen) atoms. The summed E-state index contributed by atoms with van der Waals surface area (Å²) in [7, 11) is -4.44. The summed E-state index contributed by atoms with van der Waals surface area (Å²) in [6.07, 6.45) is 1.86. The lowest BCUT2D eigenvalue weighted by Crippen LogP contribution is -2.55. The Hall–Kier alpha value is -3.51. The molecule has 0 radical (unpaired) electrons. The molecule has 1 N–H and O–H groups in total. The number of nitrogens with zero attached hydrogens (tertiary/aromatic N) is 3. The highest BCUT2D eigenvalue weighted by Crippen LogP contribution is 2.38. The molecule has 0 bridgehead atoms. The quantitative estimate of drug-likeness (QED) is 0.155. The summed E-state index contributed by atoms with van der Waals surface area (Å²) in [4.78, 5) is 8.92. The molecule has 0 spiro atoms. The van der Waals surface area contributed by atoms with Gasteiger partial charge in [0.15, 0.2) is 33.1 Å². The summed E-state index contributed by atoms with van der Waals surface area (Å²) in [6, 6.07) is 8.68. The molecule has 2 heterocycles. The molecule has 1 aliphatic rings. The number of hydrogen-bond acceptors (Lipinski definition) is 6. The van der Waals surface area contributed by atoms with Crippen molar-refractivity contribution in [3.8, 4) is 11.1 Å². The van der Waals surface area contributed by atoms with Crippen molar-refractivity contribution in [1.29, 1.82) is 0 Å². The Labute approximate surface area is 212 Å². The predicted molar refractivity (Wildman–Crippen MR) is 129 cm³/mol. The minimum atomic E-state index is -4.44. The van der Waals surface area contributed by atoms with Crippen LogP contribution in [0.1, 0.15) is 0 Å². The molecular weight excluding hydrogens is 539 g/mol. The first kappa shape index (κ1) is 25.2. The Bertz CT molecular complexity index is 1680.